The van der Waals surface area contributed by atoms with Gasteiger partial charge in [-0.25, -0.2) is 0 Å². The number of ether oxygens (including phenoxy) is 1. The van der Waals surface area contributed by atoms with Gasteiger partial charge >= 0.3 is 5.97 Å². The van der Waals surface area contributed by atoms with Gasteiger partial charge in [0.15, 0.2) is 0 Å². The topological polar surface area (TPSA) is 49.8 Å². The number of hydrogen-bond donors (Lipinski definition) is 1. The van der Waals surface area contributed by atoms with Crippen LogP contribution in [0.3, 0.4) is 0 Å². The van der Waals surface area contributed by atoms with Crippen molar-refractivity contribution in [1.29, 1.82) is 0 Å². The van der Waals surface area contributed by atoms with E-state index >= 15 is 0 Å². The first-order chi connectivity index (χ1) is 5.42. The van der Waals surface area contributed by atoms with Crippen molar-refractivity contribution in [2.45, 2.75) is 18.9 Å². The molecule has 0 heterocycles. The van der Waals surface area contributed by atoms with Crippen molar-refractivity contribution in [2.24, 2.45) is 0 Å². The van der Waals surface area contributed by atoms with Crippen LogP contribution in [0.4, 0.5) is 0 Å². The number of nitrogens with zero attached hydrogens (tertiary/aromatic N) is 1. The number of carboxylic acid groups (broad SMARTS) is 1. The van der Waals surface area contributed by atoms with Crippen molar-refractivity contribution in [2.75, 3.05) is 27.8 Å². The van der Waals surface area contributed by atoms with Crippen molar-refractivity contribution >= 4 is 5.97 Å². The minimum absolute atomic E-state index is 0.0911. The molecule has 0 aliphatic carbocycles. The summed E-state index contributed by atoms with van der Waals surface area (Å²) >= 11 is 0. The molecule has 12 heavy (non-hydrogen) atoms. The predicted octanol–water partition coefficient (Wildman–Crippen LogP) is 0.428. The first kappa shape index (κ1) is 11.4. The fourth-order valence-electron chi connectivity index (χ4n) is 0.975. The third-order valence-electron chi connectivity index (χ3n) is 2.07. The van der Waals surface area contributed by atoms with Crippen LogP contribution in [0.2, 0.25) is 0 Å². The summed E-state index contributed by atoms with van der Waals surface area (Å²) in [4.78, 5) is 12.4. The van der Waals surface area contributed by atoms with Crippen LogP contribution in [0.25, 0.3) is 0 Å². The Bertz CT molecular complexity index is 158. The van der Waals surface area contributed by atoms with E-state index in [1.54, 1.807) is 7.11 Å². The number of carbonyl (C=O) groups is 1. The third kappa shape index (κ3) is 3.19. The Morgan fingerprint density at radius 3 is 2.33 bits per heavy atom. The van der Waals surface area contributed by atoms with Gasteiger partial charge < -0.3 is 14.7 Å². The normalized spacial score (nSPS) is 16.1. The molecule has 0 bridgehead atoms. The van der Waals surface area contributed by atoms with Crippen LogP contribution >= 0.6 is 0 Å². The number of carboxylic acids is 1. The summed E-state index contributed by atoms with van der Waals surface area (Å²) in [6.07, 6.45) is 0.0911. The number of hydrogen-bond acceptors (Lipinski definition) is 3. The second-order valence-electron chi connectivity index (χ2n) is 3.39. The molecule has 0 rings (SSSR count). The van der Waals surface area contributed by atoms with E-state index in [-0.39, 0.29) is 6.42 Å². The quantitative estimate of drug-likeness (QED) is 0.658. The second kappa shape index (κ2) is 4.42. The summed E-state index contributed by atoms with van der Waals surface area (Å²) in [6, 6.07) is 0. The number of likely N-dealkylation sites (N-methyl/N-ethyl adjacent to an activating group) is 1. The molecule has 1 N–H and O–H groups in total. The van der Waals surface area contributed by atoms with Gasteiger partial charge in [0.1, 0.15) is 0 Å². The molecule has 0 aromatic rings. The van der Waals surface area contributed by atoms with E-state index in [0.717, 1.165) is 0 Å². The maximum atomic E-state index is 10.5. The highest BCUT2D eigenvalue weighted by molar-refractivity contribution is 5.68. The van der Waals surface area contributed by atoms with Gasteiger partial charge in [-0.05, 0) is 21.0 Å². The zero-order chi connectivity index (χ0) is 9.78. The Balaban J connectivity index is 4.28. The van der Waals surface area contributed by atoms with Crippen LogP contribution in [0.1, 0.15) is 13.3 Å². The van der Waals surface area contributed by atoms with E-state index in [0.29, 0.717) is 6.61 Å². The summed E-state index contributed by atoms with van der Waals surface area (Å²) < 4.78 is 4.96. The molecule has 0 amide bonds. The summed E-state index contributed by atoms with van der Waals surface area (Å²) in [7, 11) is 5.27. The lowest BCUT2D eigenvalue weighted by atomic mass is 9.98. The molecular weight excluding hydrogens is 158 g/mol. The molecule has 0 radical (unpaired) electrons. The zero-order valence-electron chi connectivity index (χ0n) is 8.13. The molecular formula is C8H17NO3. The number of aliphatic carboxylic acids is 1. The van der Waals surface area contributed by atoms with Crippen molar-refractivity contribution in [3.8, 4) is 0 Å². The lowest BCUT2D eigenvalue weighted by Gasteiger charge is -2.34. The average Bonchev–Trinajstić information content (AvgIpc) is 1.85. The predicted molar refractivity (Wildman–Crippen MR) is 46.2 cm³/mol. The van der Waals surface area contributed by atoms with Crippen LogP contribution in [0.5, 0.6) is 0 Å². The Kier molecular flexibility index (Phi) is 4.20. The van der Waals surface area contributed by atoms with Gasteiger partial charge in [-0.1, -0.05) is 0 Å². The van der Waals surface area contributed by atoms with Crippen LogP contribution in [-0.4, -0.2) is 49.3 Å². The van der Waals surface area contributed by atoms with Gasteiger partial charge in [-0.3, -0.25) is 4.79 Å². The highest BCUT2D eigenvalue weighted by Gasteiger charge is 2.29. The Hall–Kier alpha value is -0.610. The standard InChI is InChI=1S/C8H17NO3/c1-8(6-12-4,9(2)3)5-7(10)11/h5-6H2,1-4H3,(H,10,11). The van der Waals surface area contributed by atoms with E-state index in [9.17, 15) is 4.79 Å². The van der Waals surface area contributed by atoms with Gasteiger partial charge in [0.25, 0.3) is 0 Å². The molecule has 4 nitrogen and oxygen atoms in total. The third-order valence-corrected chi connectivity index (χ3v) is 2.07. The monoisotopic (exact) mass is 175 g/mol. The van der Waals surface area contributed by atoms with E-state index in [2.05, 4.69) is 0 Å². The van der Waals surface area contributed by atoms with E-state index < -0.39 is 11.5 Å². The summed E-state index contributed by atoms with van der Waals surface area (Å²) in [6.45, 7) is 2.29. The molecule has 0 fully saturated rings. The van der Waals surface area contributed by atoms with Gasteiger partial charge in [0, 0.05) is 7.11 Å². The maximum absolute atomic E-state index is 10.5. The molecule has 0 spiro atoms. The largest absolute Gasteiger partial charge is 0.481 e. The fourth-order valence-corrected chi connectivity index (χ4v) is 0.975. The maximum Gasteiger partial charge on any atom is 0.305 e. The van der Waals surface area contributed by atoms with Crippen molar-refractivity contribution in [1.82, 2.24) is 4.90 Å². The molecule has 0 saturated carbocycles. The Morgan fingerprint density at radius 2 is 2.08 bits per heavy atom. The molecule has 1 unspecified atom stereocenters. The van der Waals surface area contributed by atoms with E-state index in [1.165, 1.54) is 0 Å². The minimum Gasteiger partial charge on any atom is -0.481 e. The van der Waals surface area contributed by atoms with E-state index in [1.807, 2.05) is 25.9 Å². The first-order valence-electron chi connectivity index (χ1n) is 3.80. The molecule has 0 aliphatic rings. The van der Waals surface area contributed by atoms with Gasteiger partial charge in [0.05, 0.1) is 18.6 Å². The van der Waals surface area contributed by atoms with Crippen molar-refractivity contribution in [3.63, 3.8) is 0 Å². The van der Waals surface area contributed by atoms with Crippen molar-refractivity contribution < 1.29 is 14.6 Å². The van der Waals surface area contributed by atoms with Gasteiger partial charge in [-0.2, -0.15) is 0 Å². The molecule has 0 aromatic carbocycles. The number of rotatable bonds is 5. The lowest BCUT2D eigenvalue weighted by Crippen LogP contribution is -2.46. The zero-order valence-corrected chi connectivity index (χ0v) is 8.13. The van der Waals surface area contributed by atoms with Crippen LogP contribution < -0.4 is 0 Å². The smallest absolute Gasteiger partial charge is 0.305 e. The molecule has 0 aliphatic heterocycles. The molecule has 72 valence electrons. The highest BCUT2D eigenvalue weighted by Crippen LogP contribution is 2.16. The van der Waals surface area contributed by atoms with Gasteiger partial charge in [0.2, 0.25) is 0 Å². The van der Waals surface area contributed by atoms with E-state index in [4.69, 9.17) is 9.84 Å². The average molecular weight is 175 g/mol. The number of methoxy groups -OCH3 is 1. The highest BCUT2D eigenvalue weighted by atomic mass is 16.5. The second-order valence-corrected chi connectivity index (χ2v) is 3.39. The summed E-state index contributed by atoms with van der Waals surface area (Å²) in [5, 5.41) is 8.64. The Morgan fingerprint density at radius 1 is 1.58 bits per heavy atom. The minimum atomic E-state index is -0.803. The summed E-state index contributed by atoms with van der Waals surface area (Å²) in [5.74, 6) is -0.803. The molecule has 0 aromatic heterocycles. The van der Waals surface area contributed by atoms with Crippen LogP contribution in [0, 0.1) is 0 Å². The first-order valence-corrected chi connectivity index (χ1v) is 3.80. The van der Waals surface area contributed by atoms with Crippen molar-refractivity contribution in [3.05, 3.63) is 0 Å². The Labute approximate surface area is 73.1 Å². The van der Waals surface area contributed by atoms with Crippen LogP contribution in [-0.2, 0) is 9.53 Å². The fraction of sp³-hybridized carbons (Fsp3) is 0.875. The van der Waals surface area contributed by atoms with Crippen LogP contribution in [0.15, 0.2) is 0 Å². The lowest BCUT2D eigenvalue weighted by molar-refractivity contribution is -0.140. The SMILES string of the molecule is COCC(C)(CC(=O)O)N(C)C. The summed E-state index contributed by atoms with van der Waals surface area (Å²) in [5.41, 5.74) is -0.416. The molecule has 4 heteroatoms. The molecule has 1 atom stereocenters. The van der Waals surface area contributed by atoms with Gasteiger partial charge in [-0.15, -0.1) is 0 Å². The molecule has 0 saturated heterocycles.